The number of pyridine rings is 1. The highest BCUT2D eigenvalue weighted by Crippen LogP contribution is 2.30. The van der Waals surface area contributed by atoms with Crippen molar-refractivity contribution in [3.05, 3.63) is 29.0 Å². The van der Waals surface area contributed by atoms with Gasteiger partial charge in [0.05, 0.1) is 5.02 Å². The van der Waals surface area contributed by atoms with Crippen LogP contribution in [0, 0.1) is 0 Å². The summed E-state index contributed by atoms with van der Waals surface area (Å²) in [5.74, 6) is -3.36. The number of alkyl halides is 2. The molecule has 0 spiro atoms. The third-order valence-corrected chi connectivity index (χ3v) is 1.61. The fourth-order valence-corrected chi connectivity index (χ4v) is 0.989. The normalized spacial score (nSPS) is 11.7. The van der Waals surface area contributed by atoms with Crippen LogP contribution < -0.4 is 0 Å². The van der Waals surface area contributed by atoms with Crippen molar-refractivity contribution in [1.82, 2.24) is 4.98 Å². The van der Waals surface area contributed by atoms with Crippen LogP contribution in [0.25, 0.3) is 0 Å². The summed E-state index contributed by atoms with van der Waals surface area (Å²) in [4.78, 5) is 3.38. The summed E-state index contributed by atoms with van der Waals surface area (Å²) < 4.78 is 25.5. The molecule has 1 heterocycles. The molecule has 1 rings (SSSR count). The largest absolute Gasteiger partial charge is 0.390 e. The minimum absolute atomic E-state index is 0.142. The minimum Gasteiger partial charge on any atom is -0.390 e. The average Bonchev–Trinajstić information content (AvgIpc) is 2.05. The Hall–Kier alpha value is -0.740. The molecule has 0 atom stereocenters. The van der Waals surface area contributed by atoms with Crippen molar-refractivity contribution in [2.45, 2.75) is 5.92 Å². The number of aliphatic hydroxyl groups excluding tert-OH is 1. The van der Waals surface area contributed by atoms with Gasteiger partial charge in [-0.15, -0.1) is 0 Å². The topological polar surface area (TPSA) is 33.1 Å². The van der Waals surface area contributed by atoms with E-state index < -0.39 is 18.2 Å². The van der Waals surface area contributed by atoms with Crippen molar-refractivity contribution in [3.63, 3.8) is 0 Å². The summed E-state index contributed by atoms with van der Waals surface area (Å²) >= 11 is 5.43. The van der Waals surface area contributed by atoms with Gasteiger partial charge in [0.1, 0.15) is 12.3 Å². The van der Waals surface area contributed by atoms with Crippen LogP contribution in [-0.4, -0.2) is 16.7 Å². The van der Waals surface area contributed by atoms with Crippen LogP contribution in [0.1, 0.15) is 5.69 Å². The standard InChI is InChI=1S/C7H6ClF2NO/c8-5-2-1-3-11-6(5)7(9,10)4-12/h1-3,12H,4H2. The molecule has 0 bridgehead atoms. The van der Waals surface area contributed by atoms with E-state index in [1.54, 1.807) is 0 Å². The molecule has 1 aromatic rings. The lowest BCUT2D eigenvalue weighted by atomic mass is 10.2. The van der Waals surface area contributed by atoms with Gasteiger partial charge in [-0.05, 0) is 12.1 Å². The van der Waals surface area contributed by atoms with E-state index in [9.17, 15) is 8.78 Å². The Labute approximate surface area is 72.8 Å². The van der Waals surface area contributed by atoms with Crippen molar-refractivity contribution in [1.29, 1.82) is 0 Å². The lowest BCUT2D eigenvalue weighted by Gasteiger charge is -2.12. The van der Waals surface area contributed by atoms with E-state index in [0.29, 0.717) is 0 Å². The Kier molecular flexibility index (Phi) is 2.59. The van der Waals surface area contributed by atoms with Crippen molar-refractivity contribution in [2.75, 3.05) is 6.61 Å². The Balaban J connectivity index is 3.10. The van der Waals surface area contributed by atoms with Gasteiger partial charge in [0.2, 0.25) is 0 Å². The smallest absolute Gasteiger partial charge is 0.313 e. The molecule has 0 saturated heterocycles. The third-order valence-electron chi connectivity index (χ3n) is 1.30. The van der Waals surface area contributed by atoms with Crippen molar-refractivity contribution in [3.8, 4) is 0 Å². The Morgan fingerprint density at radius 1 is 1.58 bits per heavy atom. The molecule has 12 heavy (non-hydrogen) atoms. The Morgan fingerprint density at radius 2 is 2.25 bits per heavy atom. The minimum atomic E-state index is -3.36. The first kappa shape index (κ1) is 9.35. The van der Waals surface area contributed by atoms with E-state index in [0.717, 1.165) is 0 Å². The Morgan fingerprint density at radius 3 is 2.75 bits per heavy atom. The number of rotatable bonds is 2. The number of aromatic nitrogens is 1. The van der Waals surface area contributed by atoms with E-state index in [1.165, 1.54) is 18.3 Å². The van der Waals surface area contributed by atoms with E-state index in [-0.39, 0.29) is 5.02 Å². The van der Waals surface area contributed by atoms with Gasteiger partial charge in [-0.25, -0.2) is 0 Å². The van der Waals surface area contributed by atoms with Crippen molar-refractivity contribution < 1.29 is 13.9 Å². The summed E-state index contributed by atoms with van der Waals surface area (Å²) in [6.07, 6.45) is 1.20. The lowest BCUT2D eigenvalue weighted by Crippen LogP contribution is -2.20. The van der Waals surface area contributed by atoms with Gasteiger partial charge in [0.25, 0.3) is 0 Å². The second-order valence-electron chi connectivity index (χ2n) is 2.20. The highest BCUT2D eigenvalue weighted by Gasteiger charge is 2.34. The zero-order chi connectivity index (χ0) is 9.19. The van der Waals surface area contributed by atoms with Gasteiger partial charge in [-0.2, -0.15) is 8.78 Å². The second-order valence-corrected chi connectivity index (χ2v) is 2.60. The molecule has 0 unspecified atom stereocenters. The van der Waals surface area contributed by atoms with Crippen LogP contribution in [0.15, 0.2) is 18.3 Å². The second kappa shape index (κ2) is 3.33. The van der Waals surface area contributed by atoms with Gasteiger partial charge < -0.3 is 5.11 Å². The summed E-state index contributed by atoms with van der Waals surface area (Å²) in [5.41, 5.74) is -0.589. The number of nitrogens with zero attached hydrogens (tertiary/aromatic N) is 1. The molecule has 0 radical (unpaired) electrons. The van der Waals surface area contributed by atoms with Crippen LogP contribution in [0.3, 0.4) is 0 Å². The number of aliphatic hydroxyl groups is 1. The number of halogens is 3. The molecular weight excluding hydrogens is 188 g/mol. The maximum absolute atomic E-state index is 12.7. The van der Waals surface area contributed by atoms with Gasteiger partial charge in [-0.3, -0.25) is 4.98 Å². The van der Waals surface area contributed by atoms with E-state index in [1.807, 2.05) is 0 Å². The maximum atomic E-state index is 12.7. The number of hydrogen-bond acceptors (Lipinski definition) is 2. The van der Waals surface area contributed by atoms with E-state index in [4.69, 9.17) is 16.7 Å². The molecule has 1 N–H and O–H groups in total. The SMILES string of the molecule is OCC(F)(F)c1ncccc1Cl. The molecule has 0 amide bonds. The molecule has 0 aliphatic heterocycles. The molecule has 0 aliphatic carbocycles. The highest BCUT2D eigenvalue weighted by atomic mass is 35.5. The van der Waals surface area contributed by atoms with Crippen molar-refractivity contribution >= 4 is 11.6 Å². The lowest BCUT2D eigenvalue weighted by molar-refractivity contribution is -0.0591. The van der Waals surface area contributed by atoms with Crippen LogP contribution in [0.4, 0.5) is 8.78 Å². The van der Waals surface area contributed by atoms with Gasteiger partial charge in [0, 0.05) is 6.20 Å². The quantitative estimate of drug-likeness (QED) is 0.777. The average molecular weight is 194 g/mol. The molecule has 2 nitrogen and oxygen atoms in total. The highest BCUT2D eigenvalue weighted by molar-refractivity contribution is 6.31. The predicted molar refractivity (Wildman–Crippen MR) is 40.2 cm³/mol. The molecule has 0 fully saturated rings. The molecule has 0 saturated carbocycles. The first-order valence-electron chi connectivity index (χ1n) is 3.17. The zero-order valence-electron chi connectivity index (χ0n) is 5.97. The fraction of sp³-hybridized carbons (Fsp3) is 0.286. The molecule has 1 aromatic heterocycles. The predicted octanol–water partition coefficient (Wildman–Crippen LogP) is 1.82. The van der Waals surface area contributed by atoms with Crippen LogP contribution in [0.2, 0.25) is 5.02 Å². The van der Waals surface area contributed by atoms with E-state index >= 15 is 0 Å². The molecule has 66 valence electrons. The number of hydrogen-bond donors (Lipinski definition) is 1. The molecular formula is C7H6ClF2NO. The van der Waals surface area contributed by atoms with Crippen LogP contribution >= 0.6 is 11.6 Å². The Bertz CT molecular complexity index is 280. The molecule has 0 aliphatic rings. The van der Waals surface area contributed by atoms with Gasteiger partial charge in [0.15, 0.2) is 0 Å². The first-order chi connectivity index (χ1) is 5.58. The van der Waals surface area contributed by atoms with Gasteiger partial charge >= 0.3 is 5.92 Å². The molecule has 5 heteroatoms. The summed E-state index contributed by atoms with van der Waals surface area (Å²) in [7, 11) is 0. The fourth-order valence-electron chi connectivity index (χ4n) is 0.730. The van der Waals surface area contributed by atoms with E-state index in [2.05, 4.69) is 4.98 Å². The summed E-state index contributed by atoms with van der Waals surface area (Å²) in [6.45, 7) is -1.29. The summed E-state index contributed by atoms with van der Waals surface area (Å²) in [6, 6.07) is 2.74. The van der Waals surface area contributed by atoms with Gasteiger partial charge in [-0.1, -0.05) is 11.6 Å². The maximum Gasteiger partial charge on any atom is 0.313 e. The van der Waals surface area contributed by atoms with Crippen LogP contribution in [0.5, 0.6) is 0 Å². The van der Waals surface area contributed by atoms with Crippen molar-refractivity contribution in [2.24, 2.45) is 0 Å². The third kappa shape index (κ3) is 1.70. The monoisotopic (exact) mass is 193 g/mol. The zero-order valence-corrected chi connectivity index (χ0v) is 6.72. The molecule has 0 aromatic carbocycles. The summed E-state index contributed by atoms with van der Waals surface area (Å²) in [5, 5.41) is 8.18. The first-order valence-corrected chi connectivity index (χ1v) is 3.55. The van der Waals surface area contributed by atoms with Crippen LogP contribution in [-0.2, 0) is 5.92 Å².